The number of benzene rings is 1. The summed E-state index contributed by atoms with van der Waals surface area (Å²) < 4.78 is 5.23. The van der Waals surface area contributed by atoms with Crippen molar-refractivity contribution in [3.05, 3.63) is 52.2 Å². The first-order valence-electron chi connectivity index (χ1n) is 9.52. The first-order chi connectivity index (χ1) is 14.0. The number of nitriles is 1. The van der Waals surface area contributed by atoms with E-state index in [1.807, 2.05) is 44.4 Å². The summed E-state index contributed by atoms with van der Waals surface area (Å²) in [7, 11) is 0. The molecule has 1 saturated carbocycles. The van der Waals surface area contributed by atoms with Gasteiger partial charge in [0.05, 0.1) is 11.1 Å². The monoisotopic (exact) mass is 409 g/mol. The summed E-state index contributed by atoms with van der Waals surface area (Å²) in [5.41, 5.74) is 3.88. The van der Waals surface area contributed by atoms with Crippen LogP contribution < -0.4 is 5.32 Å². The van der Waals surface area contributed by atoms with Crippen molar-refractivity contribution >= 4 is 29.3 Å². The number of pyridine rings is 1. The minimum atomic E-state index is -0.684. The molecular formula is C22H23N3O3S. The first kappa shape index (κ1) is 20.9. The van der Waals surface area contributed by atoms with Crippen LogP contribution in [0.25, 0.3) is 0 Å². The average molecular weight is 410 g/mol. The van der Waals surface area contributed by atoms with Gasteiger partial charge in [0.25, 0.3) is 5.91 Å². The summed E-state index contributed by atoms with van der Waals surface area (Å²) in [5.74, 6) is -0.767. The molecule has 7 heteroatoms. The van der Waals surface area contributed by atoms with Gasteiger partial charge < -0.3 is 10.1 Å². The van der Waals surface area contributed by atoms with Gasteiger partial charge in [0.15, 0.2) is 6.61 Å². The molecule has 6 nitrogen and oxygen atoms in total. The number of hydrogen-bond acceptors (Lipinski definition) is 6. The number of aromatic nitrogens is 1. The molecule has 1 aromatic heterocycles. The molecule has 1 heterocycles. The second-order valence-electron chi connectivity index (χ2n) is 6.95. The number of aryl methyl sites for hydroxylation is 2. The van der Waals surface area contributed by atoms with Gasteiger partial charge in [0.1, 0.15) is 11.1 Å². The molecule has 1 N–H and O–H groups in total. The lowest BCUT2D eigenvalue weighted by molar-refractivity contribution is -0.119. The molecule has 29 heavy (non-hydrogen) atoms. The summed E-state index contributed by atoms with van der Waals surface area (Å²) in [6.07, 6.45) is 4.65. The Balaban J connectivity index is 1.73. The topological polar surface area (TPSA) is 92.1 Å². The molecular weight excluding hydrogens is 386 g/mol. The second kappa shape index (κ2) is 9.10. The van der Waals surface area contributed by atoms with Gasteiger partial charge in [-0.1, -0.05) is 25.1 Å². The van der Waals surface area contributed by atoms with Gasteiger partial charge in [-0.2, -0.15) is 5.26 Å². The molecule has 0 unspecified atom stereocenters. The third-order valence-corrected chi connectivity index (χ3v) is 5.55. The Kier molecular flexibility index (Phi) is 6.55. The number of para-hydroxylation sites is 1. The molecule has 3 rings (SSSR count). The molecule has 1 fully saturated rings. The third kappa shape index (κ3) is 4.77. The van der Waals surface area contributed by atoms with Crippen LogP contribution in [0.3, 0.4) is 0 Å². The van der Waals surface area contributed by atoms with E-state index in [1.54, 1.807) is 6.07 Å². The Morgan fingerprint density at radius 3 is 2.76 bits per heavy atom. The molecule has 1 aliphatic rings. The van der Waals surface area contributed by atoms with Gasteiger partial charge in [-0.05, 0) is 49.6 Å². The number of thioether (sulfide) groups is 1. The lowest BCUT2D eigenvalue weighted by Gasteiger charge is -2.14. The van der Waals surface area contributed by atoms with E-state index in [2.05, 4.69) is 10.3 Å². The van der Waals surface area contributed by atoms with E-state index in [1.165, 1.54) is 11.8 Å². The van der Waals surface area contributed by atoms with Crippen molar-refractivity contribution in [2.75, 3.05) is 18.2 Å². The fourth-order valence-corrected chi connectivity index (χ4v) is 3.69. The maximum absolute atomic E-state index is 12.6. The Morgan fingerprint density at radius 1 is 1.38 bits per heavy atom. The van der Waals surface area contributed by atoms with E-state index >= 15 is 0 Å². The predicted octanol–water partition coefficient (Wildman–Crippen LogP) is 4.22. The highest BCUT2D eigenvalue weighted by Gasteiger charge is 2.29. The molecule has 0 bridgehead atoms. The van der Waals surface area contributed by atoms with Gasteiger partial charge in [0.2, 0.25) is 0 Å². The standard InChI is InChI=1S/C22H23N3O3S/c1-4-14-7-5-6-13(2)20(14)25-19(26)12-28-22(27)16-10-18(15-8-9-15)24-21(29-3)17(16)11-23/h5-7,10,15H,4,8-9,12H2,1-3H3,(H,25,26). The van der Waals surface area contributed by atoms with Crippen molar-refractivity contribution < 1.29 is 14.3 Å². The number of esters is 1. The average Bonchev–Trinajstić information content (AvgIpc) is 3.57. The Bertz CT molecular complexity index is 994. The second-order valence-corrected chi connectivity index (χ2v) is 7.75. The lowest BCUT2D eigenvalue weighted by atomic mass is 10.1. The van der Waals surface area contributed by atoms with Crippen LogP contribution >= 0.6 is 11.8 Å². The Morgan fingerprint density at radius 2 is 2.14 bits per heavy atom. The molecule has 0 saturated heterocycles. The minimum Gasteiger partial charge on any atom is -0.452 e. The zero-order valence-electron chi connectivity index (χ0n) is 16.7. The smallest absolute Gasteiger partial charge is 0.340 e. The maximum Gasteiger partial charge on any atom is 0.340 e. The minimum absolute atomic E-state index is 0.173. The van der Waals surface area contributed by atoms with Crippen LogP contribution in [-0.2, 0) is 16.0 Å². The summed E-state index contributed by atoms with van der Waals surface area (Å²) in [6.45, 7) is 3.51. The van der Waals surface area contributed by atoms with Gasteiger partial charge >= 0.3 is 5.97 Å². The van der Waals surface area contributed by atoms with Crippen molar-refractivity contribution in [3.8, 4) is 6.07 Å². The van der Waals surface area contributed by atoms with Gasteiger partial charge in [0, 0.05) is 17.3 Å². The van der Waals surface area contributed by atoms with Gasteiger partial charge in [-0.15, -0.1) is 11.8 Å². The Labute approximate surface area is 174 Å². The highest BCUT2D eigenvalue weighted by atomic mass is 32.2. The van der Waals surface area contributed by atoms with E-state index in [4.69, 9.17) is 4.74 Å². The number of carbonyl (C=O) groups excluding carboxylic acids is 2. The molecule has 1 amide bonds. The van der Waals surface area contributed by atoms with E-state index in [0.717, 1.165) is 41.8 Å². The van der Waals surface area contributed by atoms with E-state index < -0.39 is 18.5 Å². The number of anilines is 1. The van der Waals surface area contributed by atoms with Crippen LogP contribution in [0.1, 0.15) is 58.4 Å². The van der Waals surface area contributed by atoms with Crippen LogP contribution in [0.15, 0.2) is 29.3 Å². The van der Waals surface area contributed by atoms with Crippen molar-refractivity contribution in [3.63, 3.8) is 0 Å². The summed E-state index contributed by atoms with van der Waals surface area (Å²) >= 11 is 1.32. The molecule has 2 aromatic rings. The highest BCUT2D eigenvalue weighted by Crippen LogP contribution is 2.40. The molecule has 1 aliphatic carbocycles. The lowest BCUT2D eigenvalue weighted by Crippen LogP contribution is -2.22. The van der Waals surface area contributed by atoms with Crippen molar-refractivity contribution in [2.45, 2.75) is 44.1 Å². The van der Waals surface area contributed by atoms with E-state index in [-0.39, 0.29) is 11.1 Å². The van der Waals surface area contributed by atoms with E-state index in [0.29, 0.717) is 10.9 Å². The zero-order chi connectivity index (χ0) is 21.0. The molecule has 0 atom stereocenters. The highest BCUT2D eigenvalue weighted by molar-refractivity contribution is 7.98. The quantitative estimate of drug-likeness (QED) is 0.544. The van der Waals surface area contributed by atoms with Crippen LogP contribution in [0.4, 0.5) is 5.69 Å². The fourth-order valence-electron chi connectivity index (χ4n) is 3.13. The predicted molar refractivity (Wildman–Crippen MR) is 112 cm³/mol. The molecule has 0 spiro atoms. The molecule has 0 radical (unpaired) electrons. The SMILES string of the molecule is CCc1cccc(C)c1NC(=O)COC(=O)c1cc(C2CC2)nc(SC)c1C#N. The molecule has 0 aliphatic heterocycles. The third-order valence-electron chi connectivity index (χ3n) is 4.87. The van der Waals surface area contributed by atoms with Gasteiger partial charge in [-0.25, -0.2) is 9.78 Å². The van der Waals surface area contributed by atoms with E-state index in [9.17, 15) is 14.9 Å². The van der Waals surface area contributed by atoms with Crippen LogP contribution in [-0.4, -0.2) is 29.7 Å². The number of rotatable bonds is 7. The maximum atomic E-state index is 12.6. The normalized spacial score (nSPS) is 12.9. The molecule has 1 aromatic carbocycles. The van der Waals surface area contributed by atoms with Gasteiger partial charge in [-0.3, -0.25) is 4.79 Å². The number of nitrogens with one attached hydrogen (secondary N) is 1. The summed E-state index contributed by atoms with van der Waals surface area (Å²) in [4.78, 5) is 29.5. The Hall–Kier alpha value is -2.85. The number of hydrogen-bond donors (Lipinski definition) is 1. The number of nitrogens with zero attached hydrogens (tertiary/aromatic N) is 2. The van der Waals surface area contributed by atoms with Crippen molar-refractivity contribution in [1.29, 1.82) is 5.26 Å². The number of ether oxygens (including phenoxy) is 1. The number of amides is 1. The van der Waals surface area contributed by atoms with Crippen LogP contribution in [0, 0.1) is 18.3 Å². The van der Waals surface area contributed by atoms with Crippen LogP contribution in [0.5, 0.6) is 0 Å². The fraction of sp³-hybridized carbons (Fsp3) is 0.364. The largest absolute Gasteiger partial charge is 0.452 e. The first-order valence-corrected chi connectivity index (χ1v) is 10.7. The summed E-state index contributed by atoms with van der Waals surface area (Å²) in [5, 5.41) is 12.8. The van der Waals surface area contributed by atoms with Crippen molar-refractivity contribution in [2.24, 2.45) is 0 Å². The molecule has 150 valence electrons. The zero-order valence-corrected chi connectivity index (χ0v) is 17.6. The van der Waals surface area contributed by atoms with Crippen molar-refractivity contribution in [1.82, 2.24) is 4.98 Å². The number of carbonyl (C=O) groups is 2. The summed E-state index contributed by atoms with van der Waals surface area (Å²) in [6, 6.07) is 9.49. The van der Waals surface area contributed by atoms with Crippen LogP contribution in [0.2, 0.25) is 0 Å².